The monoisotopic (exact) mass is 380 g/mol. The van der Waals surface area contributed by atoms with Crippen LogP contribution in [0.1, 0.15) is 51.0 Å². The Morgan fingerprint density at radius 2 is 1.92 bits per heavy atom. The highest BCUT2D eigenvalue weighted by molar-refractivity contribution is 7.92. The summed E-state index contributed by atoms with van der Waals surface area (Å²) in [6.45, 7) is 4.15. The van der Waals surface area contributed by atoms with E-state index < -0.39 is 10.0 Å². The SMILES string of the molecule is CCNC(=NCc1ccccc1NS(C)(=O)=O)NCCCC1CCCC1. The van der Waals surface area contributed by atoms with Crippen LogP contribution < -0.4 is 15.4 Å². The largest absolute Gasteiger partial charge is 0.357 e. The van der Waals surface area contributed by atoms with E-state index >= 15 is 0 Å². The first-order valence-corrected chi connectivity index (χ1v) is 11.4. The first-order chi connectivity index (χ1) is 12.5. The molecule has 1 aromatic carbocycles. The predicted molar refractivity (Wildman–Crippen MR) is 109 cm³/mol. The second kappa shape index (κ2) is 10.4. The van der Waals surface area contributed by atoms with Crippen LogP contribution in [0.5, 0.6) is 0 Å². The van der Waals surface area contributed by atoms with Crippen molar-refractivity contribution in [2.75, 3.05) is 24.1 Å². The van der Waals surface area contributed by atoms with Crippen LogP contribution in [0.2, 0.25) is 0 Å². The Labute approximate surface area is 157 Å². The summed E-state index contributed by atoms with van der Waals surface area (Å²) in [6, 6.07) is 7.35. The fourth-order valence-electron chi connectivity index (χ4n) is 3.36. The molecule has 0 aromatic heterocycles. The molecule has 1 aromatic rings. The first-order valence-electron chi connectivity index (χ1n) is 9.56. The molecular weight excluding hydrogens is 348 g/mol. The summed E-state index contributed by atoms with van der Waals surface area (Å²) in [7, 11) is -3.30. The number of benzene rings is 1. The molecule has 6 nitrogen and oxygen atoms in total. The molecule has 0 spiro atoms. The summed E-state index contributed by atoms with van der Waals surface area (Å²) in [5, 5.41) is 6.63. The van der Waals surface area contributed by atoms with E-state index in [4.69, 9.17) is 0 Å². The zero-order valence-corrected chi connectivity index (χ0v) is 16.7. The minimum absolute atomic E-state index is 0.413. The molecule has 2 rings (SSSR count). The van der Waals surface area contributed by atoms with Crippen molar-refractivity contribution in [1.29, 1.82) is 0 Å². The van der Waals surface area contributed by atoms with Gasteiger partial charge in [-0.1, -0.05) is 43.9 Å². The van der Waals surface area contributed by atoms with Gasteiger partial charge in [-0.2, -0.15) is 0 Å². The normalized spacial score (nSPS) is 15.8. The number of nitrogens with zero attached hydrogens (tertiary/aromatic N) is 1. The third-order valence-corrected chi connectivity index (χ3v) is 5.21. The Morgan fingerprint density at radius 1 is 1.19 bits per heavy atom. The first kappa shape index (κ1) is 20.6. The molecule has 0 unspecified atom stereocenters. The fourth-order valence-corrected chi connectivity index (χ4v) is 3.96. The molecule has 0 heterocycles. The van der Waals surface area contributed by atoms with Gasteiger partial charge in [0.05, 0.1) is 18.5 Å². The number of hydrogen-bond donors (Lipinski definition) is 3. The van der Waals surface area contributed by atoms with Crippen LogP contribution in [0.3, 0.4) is 0 Å². The average molecular weight is 381 g/mol. The molecule has 146 valence electrons. The molecule has 0 aliphatic heterocycles. The molecule has 0 bridgehead atoms. The van der Waals surface area contributed by atoms with E-state index in [9.17, 15) is 8.42 Å². The van der Waals surface area contributed by atoms with Gasteiger partial charge in [-0.05, 0) is 37.3 Å². The summed E-state index contributed by atoms with van der Waals surface area (Å²) in [5.74, 6) is 1.68. The minimum Gasteiger partial charge on any atom is -0.357 e. The van der Waals surface area contributed by atoms with E-state index in [2.05, 4.69) is 20.3 Å². The highest BCUT2D eigenvalue weighted by atomic mass is 32.2. The Kier molecular flexibility index (Phi) is 8.22. The van der Waals surface area contributed by atoms with Crippen LogP contribution in [-0.2, 0) is 16.6 Å². The van der Waals surface area contributed by atoms with Crippen molar-refractivity contribution in [1.82, 2.24) is 10.6 Å². The number of rotatable bonds is 9. The summed E-state index contributed by atoms with van der Waals surface area (Å²) >= 11 is 0. The highest BCUT2D eigenvalue weighted by Crippen LogP contribution is 2.28. The molecule has 0 amide bonds. The Balaban J connectivity index is 1.89. The molecule has 1 aliphatic rings. The van der Waals surface area contributed by atoms with Gasteiger partial charge in [-0.25, -0.2) is 13.4 Å². The van der Waals surface area contributed by atoms with E-state index in [0.29, 0.717) is 12.2 Å². The molecule has 7 heteroatoms. The highest BCUT2D eigenvalue weighted by Gasteiger charge is 2.14. The Morgan fingerprint density at radius 3 is 2.62 bits per heavy atom. The molecule has 3 N–H and O–H groups in total. The molecular formula is C19H32N4O2S. The standard InChI is InChI=1S/C19H32N4O2S/c1-3-20-19(21-14-8-11-16-9-4-5-10-16)22-15-17-12-6-7-13-18(17)23-26(2,24)25/h6-7,12-13,16,23H,3-5,8-11,14-15H2,1-2H3,(H2,20,21,22). The van der Waals surface area contributed by atoms with Crippen molar-refractivity contribution >= 4 is 21.7 Å². The number of hydrogen-bond acceptors (Lipinski definition) is 3. The number of guanidine groups is 1. The van der Waals surface area contributed by atoms with Gasteiger partial charge in [-0.3, -0.25) is 4.72 Å². The summed E-state index contributed by atoms with van der Waals surface area (Å²) in [6.07, 6.45) is 9.15. The third kappa shape index (κ3) is 7.64. The zero-order chi connectivity index (χ0) is 18.8. The smallest absolute Gasteiger partial charge is 0.229 e. The van der Waals surface area contributed by atoms with Crippen LogP contribution in [0.4, 0.5) is 5.69 Å². The van der Waals surface area contributed by atoms with Crippen LogP contribution in [0.15, 0.2) is 29.3 Å². The van der Waals surface area contributed by atoms with Gasteiger partial charge in [0.2, 0.25) is 10.0 Å². The van der Waals surface area contributed by atoms with Gasteiger partial charge in [0.25, 0.3) is 0 Å². The van der Waals surface area contributed by atoms with Crippen molar-refractivity contribution in [3.8, 4) is 0 Å². The maximum Gasteiger partial charge on any atom is 0.229 e. The van der Waals surface area contributed by atoms with Crippen molar-refractivity contribution in [2.24, 2.45) is 10.9 Å². The van der Waals surface area contributed by atoms with Gasteiger partial charge in [0.15, 0.2) is 5.96 Å². The fraction of sp³-hybridized carbons (Fsp3) is 0.632. The molecule has 0 atom stereocenters. The number of anilines is 1. The minimum atomic E-state index is -3.30. The second-order valence-electron chi connectivity index (χ2n) is 6.95. The maximum absolute atomic E-state index is 11.5. The predicted octanol–water partition coefficient (Wildman–Crippen LogP) is 3.08. The average Bonchev–Trinajstić information content (AvgIpc) is 3.09. The van der Waals surface area contributed by atoms with E-state index in [1.54, 1.807) is 6.07 Å². The zero-order valence-electron chi connectivity index (χ0n) is 15.9. The second-order valence-corrected chi connectivity index (χ2v) is 8.69. The van der Waals surface area contributed by atoms with Crippen LogP contribution in [-0.4, -0.2) is 33.7 Å². The molecule has 1 fully saturated rings. The van der Waals surface area contributed by atoms with Crippen LogP contribution >= 0.6 is 0 Å². The third-order valence-electron chi connectivity index (χ3n) is 4.62. The van der Waals surface area contributed by atoms with Gasteiger partial charge in [-0.15, -0.1) is 0 Å². The Bertz CT molecular complexity index is 683. The van der Waals surface area contributed by atoms with E-state index in [1.807, 2.05) is 25.1 Å². The molecule has 0 radical (unpaired) electrons. The van der Waals surface area contributed by atoms with Gasteiger partial charge < -0.3 is 10.6 Å². The van der Waals surface area contributed by atoms with Crippen molar-refractivity contribution in [3.05, 3.63) is 29.8 Å². The van der Waals surface area contributed by atoms with E-state index in [-0.39, 0.29) is 0 Å². The van der Waals surface area contributed by atoms with Crippen LogP contribution in [0.25, 0.3) is 0 Å². The summed E-state index contributed by atoms with van der Waals surface area (Å²) in [4.78, 5) is 4.60. The molecule has 1 aliphatic carbocycles. The van der Waals surface area contributed by atoms with Crippen LogP contribution in [0, 0.1) is 5.92 Å². The number of aliphatic imine (C=N–C) groups is 1. The van der Waals surface area contributed by atoms with E-state index in [0.717, 1.165) is 43.2 Å². The lowest BCUT2D eigenvalue weighted by Crippen LogP contribution is -2.37. The lowest BCUT2D eigenvalue weighted by atomic mass is 10.0. The summed E-state index contributed by atoms with van der Waals surface area (Å²) < 4.78 is 25.6. The topological polar surface area (TPSA) is 82.6 Å². The molecule has 1 saturated carbocycles. The lowest BCUT2D eigenvalue weighted by Gasteiger charge is -2.14. The van der Waals surface area contributed by atoms with E-state index in [1.165, 1.54) is 32.1 Å². The number of para-hydroxylation sites is 1. The van der Waals surface area contributed by atoms with Gasteiger partial charge in [0.1, 0.15) is 0 Å². The van der Waals surface area contributed by atoms with Crippen molar-refractivity contribution < 1.29 is 8.42 Å². The van der Waals surface area contributed by atoms with Crippen molar-refractivity contribution in [2.45, 2.75) is 52.0 Å². The lowest BCUT2D eigenvalue weighted by molar-refractivity contribution is 0.481. The quantitative estimate of drug-likeness (QED) is 0.349. The number of sulfonamides is 1. The summed E-state index contributed by atoms with van der Waals surface area (Å²) in [5.41, 5.74) is 1.43. The van der Waals surface area contributed by atoms with Gasteiger partial charge in [0, 0.05) is 13.1 Å². The molecule has 0 saturated heterocycles. The van der Waals surface area contributed by atoms with Crippen molar-refractivity contribution in [3.63, 3.8) is 0 Å². The molecule has 26 heavy (non-hydrogen) atoms. The Hall–Kier alpha value is -1.76. The van der Waals surface area contributed by atoms with Gasteiger partial charge >= 0.3 is 0 Å². The maximum atomic E-state index is 11.5. The number of nitrogens with one attached hydrogen (secondary N) is 3.